The van der Waals surface area contributed by atoms with Crippen LogP contribution in [0.15, 0.2) is 43.0 Å². The summed E-state index contributed by atoms with van der Waals surface area (Å²) in [6, 6.07) is 4.53. The second kappa shape index (κ2) is 9.29. The number of halogens is 4. The van der Waals surface area contributed by atoms with Gasteiger partial charge in [0.25, 0.3) is 5.91 Å². The molecule has 2 heterocycles. The maximum Gasteiger partial charge on any atom is 0.434 e. The number of carbonyl (C=O) groups is 1. The van der Waals surface area contributed by atoms with E-state index in [4.69, 9.17) is 11.6 Å². The lowest BCUT2D eigenvalue weighted by Crippen LogP contribution is -2.42. The molecule has 0 saturated heterocycles. The van der Waals surface area contributed by atoms with Crippen molar-refractivity contribution < 1.29 is 18.0 Å². The number of rotatable bonds is 7. The Bertz CT molecular complexity index is 1030. The van der Waals surface area contributed by atoms with E-state index in [2.05, 4.69) is 25.5 Å². The summed E-state index contributed by atoms with van der Waals surface area (Å²) in [7, 11) is 0. The predicted octanol–water partition coefficient (Wildman–Crippen LogP) is 3.69. The number of nitrogens with zero attached hydrogens (tertiary/aromatic N) is 6. The van der Waals surface area contributed by atoms with Crippen LogP contribution in [-0.2, 0) is 6.18 Å². The Morgan fingerprint density at radius 1 is 1.23 bits per heavy atom. The van der Waals surface area contributed by atoms with E-state index in [9.17, 15) is 18.0 Å². The van der Waals surface area contributed by atoms with E-state index in [0.29, 0.717) is 29.0 Å². The standard InChI is InChI=1S/C19H19ClF3N7O/c1-3-29(12(2)9-25-17-11-24-16(10-26-17)19(21,22)23)18(31)14-8-13(20)4-5-15(14)30-27-6-7-28-30/h4-8,10-12H,3,9H2,1-2H3,(H,25,26). The minimum absolute atomic E-state index is 0.174. The zero-order valence-electron chi connectivity index (χ0n) is 16.6. The van der Waals surface area contributed by atoms with Crippen molar-refractivity contribution in [3.8, 4) is 5.69 Å². The molecule has 1 unspecified atom stereocenters. The van der Waals surface area contributed by atoms with Crippen molar-refractivity contribution in [3.63, 3.8) is 0 Å². The molecule has 0 fully saturated rings. The summed E-state index contributed by atoms with van der Waals surface area (Å²) in [5.41, 5.74) is -0.268. The quantitative estimate of drug-likeness (QED) is 0.587. The van der Waals surface area contributed by atoms with Gasteiger partial charge < -0.3 is 10.2 Å². The molecule has 0 aliphatic rings. The van der Waals surface area contributed by atoms with E-state index >= 15 is 0 Å². The highest BCUT2D eigenvalue weighted by molar-refractivity contribution is 6.31. The lowest BCUT2D eigenvalue weighted by molar-refractivity contribution is -0.141. The van der Waals surface area contributed by atoms with Gasteiger partial charge in [0, 0.05) is 24.2 Å². The minimum Gasteiger partial charge on any atom is -0.367 e. The second-order valence-corrected chi connectivity index (χ2v) is 7.02. The van der Waals surface area contributed by atoms with Crippen LogP contribution in [0.5, 0.6) is 0 Å². The van der Waals surface area contributed by atoms with Crippen LogP contribution in [0.3, 0.4) is 0 Å². The zero-order chi connectivity index (χ0) is 22.6. The van der Waals surface area contributed by atoms with E-state index in [1.165, 1.54) is 17.2 Å². The summed E-state index contributed by atoms with van der Waals surface area (Å²) in [6.07, 6.45) is 0.107. The number of hydrogen-bond donors (Lipinski definition) is 1. The van der Waals surface area contributed by atoms with Crippen molar-refractivity contribution in [3.05, 3.63) is 59.3 Å². The molecule has 0 bridgehead atoms. The Morgan fingerprint density at radius 3 is 2.52 bits per heavy atom. The van der Waals surface area contributed by atoms with Gasteiger partial charge in [0.05, 0.1) is 36.0 Å². The average molecular weight is 454 g/mol. The molecule has 0 saturated carbocycles. The van der Waals surface area contributed by atoms with Crippen LogP contribution in [-0.4, -0.2) is 54.9 Å². The van der Waals surface area contributed by atoms with Crippen molar-refractivity contribution in [2.45, 2.75) is 26.1 Å². The first kappa shape index (κ1) is 22.5. The number of aromatic nitrogens is 5. The number of nitrogens with one attached hydrogen (secondary N) is 1. The van der Waals surface area contributed by atoms with Gasteiger partial charge in [0.1, 0.15) is 5.82 Å². The average Bonchev–Trinajstić information content (AvgIpc) is 3.27. The normalized spacial score (nSPS) is 12.5. The van der Waals surface area contributed by atoms with Gasteiger partial charge in [-0.25, -0.2) is 9.97 Å². The highest BCUT2D eigenvalue weighted by Gasteiger charge is 2.32. The SMILES string of the molecule is CCN(C(=O)c1cc(Cl)ccc1-n1nccn1)C(C)CNc1cnc(C(F)(F)F)cn1. The van der Waals surface area contributed by atoms with E-state index < -0.39 is 11.9 Å². The van der Waals surface area contributed by atoms with Crippen LogP contribution in [0.1, 0.15) is 29.9 Å². The Labute approximate surface area is 181 Å². The summed E-state index contributed by atoms with van der Waals surface area (Å²) < 4.78 is 37.8. The largest absolute Gasteiger partial charge is 0.434 e. The first-order valence-electron chi connectivity index (χ1n) is 9.31. The summed E-state index contributed by atoms with van der Waals surface area (Å²) in [4.78, 5) is 23.3. The number of hydrogen-bond acceptors (Lipinski definition) is 6. The molecule has 0 radical (unpaired) electrons. The molecule has 0 spiro atoms. The van der Waals surface area contributed by atoms with Gasteiger partial charge in [-0.3, -0.25) is 4.79 Å². The van der Waals surface area contributed by atoms with Crippen LogP contribution < -0.4 is 5.32 Å². The van der Waals surface area contributed by atoms with E-state index in [1.807, 2.05) is 13.8 Å². The summed E-state index contributed by atoms with van der Waals surface area (Å²) in [5.74, 6) is -0.113. The topological polar surface area (TPSA) is 88.8 Å². The summed E-state index contributed by atoms with van der Waals surface area (Å²) in [6.45, 7) is 4.26. The second-order valence-electron chi connectivity index (χ2n) is 6.59. The van der Waals surface area contributed by atoms with E-state index in [0.717, 1.165) is 6.20 Å². The lowest BCUT2D eigenvalue weighted by Gasteiger charge is -2.29. The maximum absolute atomic E-state index is 13.3. The fourth-order valence-corrected chi connectivity index (χ4v) is 3.10. The smallest absolute Gasteiger partial charge is 0.367 e. The van der Waals surface area contributed by atoms with Crippen molar-refractivity contribution in [1.29, 1.82) is 0 Å². The lowest BCUT2D eigenvalue weighted by atomic mass is 10.1. The number of benzene rings is 1. The third kappa shape index (κ3) is 5.29. The highest BCUT2D eigenvalue weighted by Crippen LogP contribution is 2.27. The maximum atomic E-state index is 13.3. The van der Waals surface area contributed by atoms with Gasteiger partial charge in [-0.2, -0.15) is 28.2 Å². The van der Waals surface area contributed by atoms with Gasteiger partial charge in [0.2, 0.25) is 0 Å². The van der Waals surface area contributed by atoms with Crippen LogP contribution in [0.4, 0.5) is 19.0 Å². The molecule has 2 aromatic heterocycles. The fraction of sp³-hybridized carbons (Fsp3) is 0.316. The predicted molar refractivity (Wildman–Crippen MR) is 108 cm³/mol. The first-order valence-corrected chi connectivity index (χ1v) is 9.68. The molecule has 1 amide bonds. The van der Waals surface area contributed by atoms with Gasteiger partial charge in [-0.15, -0.1) is 0 Å². The molecular formula is C19H19ClF3N7O. The molecular weight excluding hydrogens is 435 g/mol. The molecule has 3 aromatic rings. The number of carbonyl (C=O) groups excluding carboxylic acids is 1. The molecule has 1 N–H and O–H groups in total. The molecule has 1 aromatic carbocycles. The van der Waals surface area contributed by atoms with Gasteiger partial charge in [-0.05, 0) is 32.0 Å². The van der Waals surface area contributed by atoms with Gasteiger partial charge >= 0.3 is 6.18 Å². The van der Waals surface area contributed by atoms with Crippen molar-refractivity contribution in [2.75, 3.05) is 18.4 Å². The Kier molecular flexibility index (Phi) is 6.74. The van der Waals surface area contributed by atoms with Crippen LogP contribution >= 0.6 is 11.6 Å². The molecule has 3 rings (SSSR count). The third-order valence-corrected chi connectivity index (χ3v) is 4.71. The molecule has 12 heteroatoms. The van der Waals surface area contributed by atoms with Gasteiger partial charge in [-0.1, -0.05) is 11.6 Å². The number of likely N-dealkylation sites (N-methyl/N-ethyl adjacent to an activating group) is 1. The van der Waals surface area contributed by atoms with Crippen LogP contribution in [0, 0.1) is 0 Å². The number of alkyl halides is 3. The first-order chi connectivity index (χ1) is 14.7. The summed E-state index contributed by atoms with van der Waals surface area (Å²) in [5, 5.41) is 11.4. The summed E-state index contributed by atoms with van der Waals surface area (Å²) >= 11 is 6.11. The zero-order valence-corrected chi connectivity index (χ0v) is 17.4. The van der Waals surface area contributed by atoms with Crippen molar-refractivity contribution in [2.24, 2.45) is 0 Å². The molecule has 8 nitrogen and oxygen atoms in total. The van der Waals surface area contributed by atoms with E-state index in [1.54, 1.807) is 23.1 Å². The molecule has 0 aliphatic carbocycles. The molecule has 31 heavy (non-hydrogen) atoms. The van der Waals surface area contributed by atoms with E-state index in [-0.39, 0.29) is 24.3 Å². The van der Waals surface area contributed by atoms with Crippen molar-refractivity contribution >= 4 is 23.3 Å². The highest BCUT2D eigenvalue weighted by atomic mass is 35.5. The third-order valence-electron chi connectivity index (χ3n) is 4.48. The van der Waals surface area contributed by atoms with Gasteiger partial charge in [0.15, 0.2) is 5.69 Å². The van der Waals surface area contributed by atoms with Crippen LogP contribution in [0.25, 0.3) is 5.69 Å². The Balaban J connectivity index is 1.74. The minimum atomic E-state index is -4.55. The fourth-order valence-electron chi connectivity index (χ4n) is 2.93. The van der Waals surface area contributed by atoms with Crippen molar-refractivity contribution in [1.82, 2.24) is 29.9 Å². The monoisotopic (exact) mass is 453 g/mol. The number of amides is 1. The molecule has 164 valence electrons. The van der Waals surface area contributed by atoms with Crippen LogP contribution in [0.2, 0.25) is 5.02 Å². The Hall–Kier alpha value is -3.21. The number of anilines is 1. The Morgan fingerprint density at radius 2 is 1.94 bits per heavy atom. The molecule has 0 aliphatic heterocycles. The molecule has 1 atom stereocenters.